The van der Waals surface area contributed by atoms with E-state index < -0.39 is 0 Å². The average Bonchev–Trinajstić information content (AvgIpc) is 3.11. The molecule has 0 heterocycles. The first-order valence-electron chi connectivity index (χ1n) is 20.5. The summed E-state index contributed by atoms with van der Waals surface area (Å²) < 4.78 is 12.1. The molecule has 0 aromatic heterocycles. The van der Waals surface area contributed by atoms with Gasteiger partial charge in [0.2, 0.25) is 0 Å². The minimum atomic E-state index is -0.322. The van der Waals surface area contributed by atoms with Gasteiger partial charge in [-0.15, -0.1) is 0 Å². The predicted octanol–water partition coefficient (Wildman–Crippen LogP) is 14.6. The smallest absolute Gasteiger partial charge is 0.308 e. The number of rotatable bonds is 5. The summed E-state index contributed by atoms with van der Waals surface area (Å²) in [5, 5.41) is 7.08. The van der Waals surface area contributed by atoms with Crippen LogP contribution in [0.1, 0.15) is 119 Å². The Morgan fingerprint density at radius 3 is 1.09 bits per heavy atom. The molecule has 0 saturated carbocycles. The zero-order chi connectivity index (χ0) is 42.3. The molecule has 0 unspecified atom stereocenters. The summed E-state index contributed by atoms with van der Waals surface area (Å²) in [5.41, 5.74) is 9.51. The van der Waals surface area contributed by atoms with E-state index in [-0.39, 0.29) is 33.6 Å². The van der Waals surface area contributed by atoms with Crippen molar-refractivity contribution in [2.24, 2.45) is 0 Å². The average molecular weight is 771 g/mol. The first-order chi connectivity index (χ1) is 26.9. The van der Waals surface area contributed by atoms with Gasteiger partial charge in [0.25, 0.3) is 0 Å². The number of benzene rings is 7. The van der Waals surface area contributed by atoms with Crippen molar-refractivity contribution in [3.63, 3.8) is 0 Å². The van der Waals surface area contributed by atoms with Crippen molar-refractivity contribution in [3.8, 4) is 44.9 Å². The molecule has 0 N–H and O–H groups in total. The molecule has 7 rings (SSSR count). The Hall–Kier alpha value is -5.48. The third-order valence-corrected chi connectivity index (χ3v) is 11.3. The second-order valence-corrected chi connectivity index (χ2v) is 20.2. The van der Waals surface area contributed by atoms with E-state index in [1.807, 2.05) is 0 Å². The predicted molar refractivity (Wildman–Crippen MR) is 244 cm³/mol. The van der Waals surface area contributed by atoms with E-state index in [1.165, 1.54) is 24.6 Å². The zero-order valence-corrected chi connectivity index (χ0v) is 36.9. The van der Waals surface area contributed by atoms with Gasteiger partial charge in [0.05, 0.1) is 0 Å². The van der Waals surface area contributed by atoms with Gasteiger partial charge in [0.1, 0.15) is 11.5 Å². The van der Waals surface area contributed by atoms with Gasteiger partial charge in [-0.05, 0) is 136 Å². The van der Waals surface area contributed by atoms with Gasteiger partial charge < -0.3 is 9.47 Å². The lowest BCUT2D eigenvalue weighted by molar-refractivity contribution is -0.133. The molecule has 0 amide bonds. The summed E-state index contributed by atoms with van der Waals surface area (Å²) in [6.07, 6.45) is 0. The number of carbonyl (C=O) groups is 2. The molecule has 7 aromatic carbocycles. The molecule has 0 saturated heterocycles. The fourth-order valence-electron chi connectivity index (χ4n) is 8.52. The highest BCUT2D eigenvalue weighted by atomic mass is 16.5. The number of hydrogen-bond donors (Lipinski definition) is 0. The molecular weight excluding hydrogens is 713 g/mol. The maximum atomic E-state index is 12.6. The minimum absolute atomic E-state index is 0.304. The number of hydrogen-bond acceptors (Lipinski definition) is 4. The lowest BCUT2D eigenvalue weighted by Gasteiger charge is -2.30. The third-order valence-electron chi connectivity index (χ3n) is 11.3. The summed E-state index contributed by atoms with van der Waals surface area (Å²) in [4.78, 5) is 25.2. The molecule has 298 valence electrons. The number of ether oxygens (including phenoxy) is 2. The van der Waals surface area contributed by atoms with E-state index in [1.54, 1.807) is 0 Å². The Bertz CT molecular complexity index is 2510. The first kappa shape index (κ1) is 40.7. The van der Waals surface area contributed by atoms with Crippen molar-refractivity contribution < 1.29 is 19.1 Å². The second kappa shape index (κ2) is 14.1. The van der Waals surface area contributed by atoms with Gasteiger partial charge in [-0.2, -0.15) is 0 Å². The Kier molecular flexibility index (Phi) is 9.91. The van der Waals surface area contributed by atoms with Crippen molar-refractivity contribution in [1.29, 1.82) is 0 Å². The highest BCUT2D eigenvalue weighted by Gasteiger charge is 2.32. The minimum Gasteiger partial charge on any atom is -0.426 e. The Labute approximate surface area is 344 Å². The van der Waals surface area contributed by atoms with Crippen molar-refractivity contribution in [2.45, 2.75) is 119 Å². The molecule has 0 aliphatic heterocycles. The molecule has 4 heteroatoms. The quantitative estimate of drug-likeness (QED) is 0.0994. The van der Waals surface area contributed by atoms with Gasteiger partial charge >= 0.3 is 11.9 Å². The van der Waals surface area contributed by atoms with E-state index in [0.29, 0.717) is 11.5 Å². The SMILES string of the molecule is CC(=O)Oc1c(C(C)(C)C)cc(-c2cc3cc(-c4ccccc4)cc4cc(-c5cc(C(C)(C)C)c(OC(C)=O)c(C(C)(C)C)c5)c5cccc2c5c34)cc1C(C)(C)C. The molecule has 0 aliphatic carbocycles. The van der Waals surface area contributed by atoms with Gasteiger partial charge in [0.15, 0.2) is 0 Å². The van der Waals surface area contributed by atoms with Crippen LogP contribution in [0.4, 0.5) is 0 Å². The van der Waals surface area contributed by atoms with Crippen molar-refractivity contribution in [1.82, 2.24) is 0 Å². The summed E-state index contributed by atoms with van der Waals surface area (Å²) >= 11 is 0. The molecule has 0 bridgehead atoms. The highest BCUT2D eigenvalue weighted by Crippen LogP contribution is 2.50. The summed E-state index contributed by atoms with van der Waals surface area (Å²) in [7, 11) is 0. The Morgan fingerprint density at radius 2 is 0.759 bits per heavy atom. The number of carbonyl (C=O) groups excluding carboxylic acids is 2. The van der Waals surface area contributed by atoms with Gasteiger partial charge in [0, 0.05) is 36.1 Å². The van der Waals surface area contributed by atoms with Crippen LogP contribution in [-0.2, 0) is 31.2 Å². The van der Waals surface area contributed by atoms with E-state index in [2.05, 4.69) is 180 Å². The Morgan fingerprint density at radius 1 is 0.397 bits per heavy atom. The zero-order valence-electron chi connectivity index (χ0n) is 36.9. The topological polar surface area (TPSA) is 52.6 Å². The second-order valence-electron chi connectivity index (χ2n) is 20.2. The fourth-order valence-corrected chi connectivity index (χ4v) is 8.52. The van der Waals surface area contributed by atoms with Crippen LogP contribution in [0.3, 0.4) is 0 Å². The van der Waals surface area contributed by atoms with Crippen molar-refractivity contribution >= 4 is 44.3 Å². The van der Waals surface area contributed by atoms with Crippen molar-refractivity contribution in [3.05, 3.63) is 119 Å². The van der Waals surface area contributed by atoms with E-state index in [4.69, 9.17) is 9.47 Å². The van der Waals surface area contributed by atoms with Crippen LogP contribution in [0.15, 0.2) is 97.1 Å². The molecule has 0 spiro atoms. The maximum absolute atomic E-state index is 12.6. The normalized spacial score (nSPS) is 12.8. The molecule has 0 atom stereocenters. The third kappa shape index (κ3) is 7.50. The molecule has 0 aliphatic rings. The van der Waals surface area contributed by atoms with Gasteiger partial charge in [-0.3, -0.25) is 9.59 Å². The van der Waals surface area contributed by atoms with Crippen LogP contribution in [0.25, 0.3) is 65.7 Å². The lowest BCUT2D eigenvalue weighted by Crippen LogP contribution is -2.21. The molecule has 0 radical (unpaired) electrons. The maximum Gasteiger partial charge on any atom is 0.308 e. The van der Waals surface area contributed by atoms with Crippen LogP contribution in [0, 0.1) is 0 Å². The molecular formula is C54H58O4. The van der Waals surface area contributed by atoms with Crippen LogP contribution in [0.2, 0.25) is 0 Å². The van der Waals surface area contributed by atoms with E-state index in [9.17, 15) is 9.59 Å². The van der Waals surface area contributed by atoms with Crippen LogP contribution >= 0.6 is 0 Å². The highest BCUT2D eigenvalue weighted by molar-refractivity contribution is 6.29. The number of esters is 2. The van der Waals surface area contributed by atoms with Gasteiger partial charge in [-0.25, -0.2) is 0 Å². The van der Waals surface area contributed by atoms with Crippen LogP contribution < -0.4 is 9.47 Å². The summed E-state index contributed by atoms with van der Waals surface area (Å²) in [5.74, 6) is 0.668. The fraction of sp³-hybridized carbons (Fsp3) is 0.333. The van der Waals surface area contributed by atoms with Crippen molar-refractivity contribution in [2.75, 3.05) is 0 Å². The van der Waals surface area contributed by atoms with Gasteiger partial charge in [-0.1, -0.05) is 132 Å². The lowest BCUT2D eigenvalue weighted by atomic mass is 9.76. The largest absolute Gasteiger partial charge is 0.426 e. The van der Waals surface area contributed by atoms with E-state index >= 15 is 0 Å². The van der Waals surface area contributed by atoms with Crippen LogP contribution in [0.5, 0.6) is 11.5 Å². The standard InChI is InChI=1S/C54H58O4/c1-31(55)57-49-43(51(3,4)5)27-35(28-44(49)52(6,7)8)41-25-37-23-34(33-19-16-15-17-20-33)24-38-26-42(40-22-18-21-39(41)48(40)47(37)38)36-29-45(53(9,10)11)50(58-32(2)56)46(30-36)54(12,13)14/h15-30H,1-14H3. The van der Waals surface area contributed by atoms with E-state index in [0.717, 1.165) is 77.2 Å². The molecule has 58 heavy (non-hydrogen) atoms. The molecule has 4 nitrogen and oxygen atoms in total. The Balaban J connectivity index is 1.66. The van der Waals surface area contributed by atoms with Crippen LogP contribution in [-0.4, -0.2) is 11.9 Å². The monoisotopic (exact) mass is 770 g/mol. The first-order valence-corrected chi connectivity index (χ1v) is 20.5. The molecule has 0 fully saturated rings. The molecule has 7 aromatic rings. The summed E-state index contributed by atoms with van der Waals surface area (Å²) in [6, 6.07) is 35.6. The summed E-state index contributed by atoms with van der Waals surface area (Å²) in [6.45, 7) is 29.1.